The standard InChI is InChI=1S/C32H31N5O/c1-4-28-27-21-36(32(38)33-25-18-17-22(2)23(3)20-25)30(24-12-7-5-8-13-24)29-16-11-19-35(29)31(27)37(34-28)26-14-9-6-10-15-26/h5-20,30H,4,21H2,1-3H3,(H,33,38). The minimum atomic E-state index is -0.279. The Bertz CT molecular complexity index is 1600. The van der Waals surface area contributed by atoms with Crippen molar-refractivity contribution in [1.29, 1.82) is 0 Å². The fourth-order valence-electron chi connectivity index (χ4n) is 5.35. The van der Waals surface area contributed by atoms with Gasteiger partial charge in [-0.1, -0.05) is 61.5 Å². The number of rotatable bonds is 4. The van der Waals surface area contributed by atoms with Crippen LogP contribution in [0.4, 0.5) is 10.5 Å². The maximum atomic E-state index is 14.1. The van der Waals surface area contributed by atoms with E-state index in [-0.39, 0.29) is 12.1 Å². The van der Waals surface area contributed by atoms with E-state index in [1.165, 1.54) is 5.56 Å². The fraction of sp³-hybridized carbons (Fsp3) is 0.188. The number of hydrogen-bond acceptors (Lipinski definition) is 2. The van der Waals surface area contributed by atoms with Crippen LogP contribution in [-0.2, 0) is 13.0 Å². The molecule has 6 heteroatoms. The van der Waals surface area contributed by atoms with Crippen molar-refractivity contribution in [1.82, 2.24) is 19.2 Å². The van der Waals surface area contributed by atoms with Crippen LogP contribution in [0.25, 0.3) is 11.5 Å². The molecule has 0 bridgehead atoms. The van der Waals surface area contributed by atoms with Crippen LogP contribution in [-0.4, -0.2) is 25.3 Å². The predicted octanol–water partition coefficient (Wildman–Crippen LogP) is 6.98. The molecule has 6 nitrogen and oxygen atoms in total. The summed E-state index contributed by atoms with van der Waals surface area (Å²) in [6.07, 6.45) is 2.84. The molecule has 5 aromatic rings. The summed E-state index contributed by atoms with van der Waals surface area (Å²) in [5.41, 5.74) is 8.25. The van der Waals surface area contributed by atoms with Crippen LogP contribution in [0, 0.1) is 13.8 Å². The molecule has 2 amide bonds. The fourth-order valence-corrected chi connectivity index (χ4v) is 5.35. The third kappa shape index (κ3) is 4.08. The zero-order chi connectivity index (χ0) is 26.2. The number of carbonyl (C=O) groups excluding carboxylic acids is 1. The minimum absolute atomic E-state index is 0.141. The first-order chi connectivity index (χ1) is 18.5. The Kier molecular flexibility index (Phi) is 6.08. The minimum Gasteiger partial charge on any atom is -0.308 e. The van der Waals surface area contributed by atoms with E-state index in [1.54, 1.807) is 0 Å². The summed E-state index contributed by atoms with van der Waals surface area (Å²) in [6.45, 7) is 6.69. The first-order valence-electron chi connectivity index (χ1n) is 13.1. The highest BCUT2D eigenvalue weighted by Gasteiger charge is 2.36. The SMILES string of the molecule is CCc1nn(-c2ccccc2)c2c1CN(C(=O)Nc1ccc(C)c(C)c1)C(c1ccccc1)c1cccn1-2. The van der Waals surface area contributed by atoms with E-state index in [9.17, 15) is 4.79 Å². The molecule has 190 valence electrons. The van der Waals surface area contributed by atoms with E-state index in [4.69, 9.17) is 5.10 Å². The molecular formula is C32H31N5O. The molecule has 1 unspecified atom stereocenters. The van der Waals surface area contributed by atoms with E-state index in [2.05, 4.69) is 67.2 Å². The number of urea groups is 1. The van der Waals surface area contributed by atoms with Crippen LogP contribution in [0.2, 0.25) is 0 Å². The largest absolute Gasteiger partial charge is 0.322 e. The number of hydrogen-bond donors (Lipinski definition) is 1. The van der Waals surface area contributed by atoms with Crippen molar-refractivity contribution in [2.45, 2.75) is 39.8 Å². The van der Waals surface area contributed by atoms with Crippen LogP contribution >= 0.6 is 0 Å². The molecule has 2 aromatic heterocycles. The molecule has 0 saturated heterocycles. The molecule has 0 radical (unpaired) electrons. The second kappa shape index (κ2) is 9.71. The number of anilines is 1. The molecule has 1 atom stereocenters. The molecule has 6 rings (SSSR count). The summed E-state index contributed by atoms with van der Waals surface area (Å²) in [5, 5.41) is 8.22. The number of nitrogens with one attached hydrogen (secondary N) is 1. The van der Waals surface area contributed by atoms with Gasteiger partial charge in [0.2, 0.25) is 0 Å². The summed E-state index contributed by atoms with van der Waals surface area (Å²) < 4.78 is 4.22. The van der Waals surface area contributed by atoms with Crippen molar-refractivity contribution in [3.8, 4) is 11.5 Å². The molecule has 0 saturated carbocycles. The van der Waals surface area contributed by atoms with Crippen molar-refractivity contribution < 1.29 is 4.79 Å². The Morgan fingerprint density at radius 3 is 2.37 bits per heavy atom. The summed E-state index contributed by atoms with van der Waals surface area (Å²) in [6, 6.07) is 30.2. The van der Waals surface area contributed by atoms with Gasteiger partial charge in [-0.3, -0.25) is 0 Å². The normalized spacial score (nSPS) is 14.5. The lowest BCUT2D eigenvalue weighted by Crippen LogP contribution is -2.38. The Balaban J connectivity index is 1.53. The molecule has 0 spiro atoms. The van der Waals surface area contributed by atoms with Gasteiger partial charge in [0.25, 0.3) is 0 Å². The van der Waals surface area contributed by atoms with Gasteiger partial charge in [0.1, 0.15) is 5.82 Å². The molecule has 0 fully saturated rings. The maximum absolute atomic E-state index is 14.1. The lowest BCUT2D eigenvalue weighted by atomic mass is 10.0. The Morgan fingerprint density at radius 1 is 0.921 bits per heavy atom. The molecule has 38 heavy (non-hydrogen) atoms. The Morgan fingerprint density at radius 2 is 1.66 bits per heavy atom. The van der Waals surface area contributed by atoms with Gasteiger partial charge in [0.15, 0.2) is 0 Å². The van der Waals surface area contributed by atoms with E-state index in [1.807, 2.05) is 70.2 Å². The van der Waals surface area contributed by atoms with Crippen molar-refractivity contribution in [2.24, 2.45) is 0 Å². The van der Waals surface area contributed by atoms with Crippen LogP contribution in [0.15, 0.2) is 97.2 Å². The number of carbonyl (C=O) groups is 1. The summed E-state index contributed by atoms with van der Waals surface area (Å²) in [7, 11) is 0. The first-order valence-corrected chi connectivity index (χ1v) is 13.1. The Labute approximate surface area is 223 Å². The van der Waals surface area contributed by atoms with Gasteiger partial charge in [-0.2, -0.15) is 5.10 Å². The lowest BCUT2D eigenvalue weighted by molar-refractivity contribution is 0.194. The van der Waals surface area contributed by atoms with Crippen molar-refractivity contribution in [3.63, 3.8) is 0 Å². The molecule has 3 heterocycles. The van der Waals surface area contributed by atoms with Gasteiger partial charge in [-0.15, -0.1) is 0 Å². The van der Waals surface area contributed by atoms with Crippen molar-refractivity contribution >= 4 is 11.7 Å². The second-order valence-electron chi connectivity index (χ2n) is 9.82. The van der Waals surface area contributed by atoms with Crippen molar-refractivity contribution in [2.75, 3.05) is 5.32 Å². The first kappa shape index (κ1) is 23.8. The van der Waals surface area contributed by atoms with Crippen LogP contribution in [0.5, 0.6) is 0 Å². The highest BCUT2D eigenvalue weighted by atomic mass is 16.2. The third-order valence-electron chi connectivity index (χ3n) is 7.44. The number of fused-ring (bicyclic) bond motifs is 3. The van der Waals surface area contributed by atoms with E-state index in [0.29, 0.717) is 6.54 Å². The zero-order valence-corrected chi connectivity index (χ0v) is 21.9. The van der Waals surface area contributed by atoms with Gasteiger partial charge < -0.3 is 14.8 Å². The number of aromatic nitrogens is 3. The van der Waals surface area contributed by atoms with Crippen LogP contribution in [0.1, 0.15) is 46.6 Å². The van der Waals surface area contributed by atoms with Gasteiger partial charge in [-0.05, 0) is 73.4 Å². The third-order valence-corrected chi connectivity index (χ3v) is 7.44. The predicted molar refractivity (Wildman–Crippen MR) is 151 cm³/mol. The molecular weight excluding hydrogens is 470 g/mol. The van der Waals surface area contributed by atoms with Gasteiger partial charge in [0.05, 0.1) is 29.7 Å². The summed E-state index contributed by atoms with van der Waals surface area (Å²) in [4.78, 5) is 16.0. The Hall–Kier alpha value is -4.58. The highest BCUT2D eigenvalue weighted by molar-refractivity contribution is 5.90. The van der Waals surface area contributed by atoms with E-state index >= 15 is 0 Å². The summed E-state index contributed by atoms with van der Waals surface area (Å²) in [5.74, 6) is 0.982. The van der Waals surface area contributed by atoms with Crippen molar-refractivity contribution in [3.05, 3.63) is 131 Å². The number of amides is 2. The monoisotopic (exact) mass is 501 g/mol. The van der Waals surface area contributed by atoms with E-state index in [0.717, 1.165) is 51.7 Å². The van der Waals surface area contributed by atoms with Gasteiger partial charge in [-0.25, -0.2) is 9.48 Å². The average Bonchev–Trinajstić information content (AvgIpc) is 3.53. The van der Waals surface area contributed by atoms with Gasteiger partial charge in [0, 0.05) is 17.4 Å². The van der Waals surface area contributed by atoms with Crippen LogP contribution in [0.3, 0.4) is 0 Å². The topological polar surface area (TPSA) is 55.1 Å². The van der Waals surface area contributed by atoms with Gasteiger partial charge >= 0.3 is 6.03 Å². The number of aryl methyl sites for hydroxylation is 3. The molecule has 1 aliphatic heterocycles. The lowest BCUT2D eigenvalue weighted by Gasteiger charge is -2.31. The number of benzene rings is 3. The van der Waals surface area contributed by atoms with E-state index < -0.39 is 0 Å². The zero-order valence-electron chi connectivity index (χ0n) is 21.9. The quantitative estimate of drug-likeness (QED) is 0.289. The maximum Gasteiger partial charge on any atom is 0.322 e. The number of nitrogens with zero attached hydrogens (tertiary/aromatic N) is 4. The second-order valence-corrected chi connectivity index (χ2v) is 9.82. The summed E-state index contributed by atoms with van der Waals surface area (Å²) >= 11 is 0. The highest BCUT2D eigenvalue weighted by Crippen LogP contribution is 2.39. The molecule has 1 aliphatic rings. The number of para-hydroxylation sites is 1. The smallest absolute Gasteiger partial charge is 0.308 e. The molecule has 0 aliphatic carbocycles. The molecule has 3 aromatic carbocycles. The molecule has 1 N–H and O–H groups in total. The van der Waals surface area contributed by atoms with Crippen LogP contribution < -0.4 is 5.32 Å². The average molecular weight is 502 g/mol.